The quantitative estimate of drug-likeness (QED) is 0.909. The SMILES string of the molecule is COc1ncc(Br)cc1N1CC(C(=O)O)CC1=O. The molecule has 7 heteroatoms. The van der Waals surface area contributed by atoms with Gasteiger partial charge in [-0.2, -0.15) is 0 Å². The van der Waals surface area contributed by atoms with Crippen molar-refractivity contribution >= 4 is 33.5 Å². The van der Waals surface area contributed by atoms with E-state index in [4.69, 9.17) is 9.84 Å². The standard InChI is InChI=1S/C11H11BrN2O4/c1-18-10-8(3-7(12)4-13-10)14-5-6(11(16)17)2-9(14)15/h3-4,6H,2,5H2,1H3,(H,16,17). The Labute approximate surface area is 112 Å². The first kappa shape index (κ1) is 12.8. The summed E-state index contributed by atoms with van der Waals surface area (Å²) in [4.78, 5) is 28.2. The lowest BCUT2D eigenvalue weighted by atomic mass is 10.1. The van der Waals surface area contributed by atoms with Crippen molar-refractivity contribution in [2.24, 2.45) is 5.92 Å². The number of aliphatic carboxylic acids is 1. The van der Waals surface area contributed by atoms with Gasteiger partial charge in [0.25, 0.3) is 0 Å². The van der Waals surface area contributed by atoms with Gasteiger partial charge in [-0.05, 0) is 22.0 Å². The Morgan fingerprint density at radius 1 is 1.67 bits per heavy atom. The molecule has 0 radical (unpaired) electrons. The minimum absolute atomic E-state index is 0.00496. The summed E-state index contributed by atoms with van der Waals surface area (Å²) in [6, 6.07) is 1.69. The first-order valence-corrected chi connectivity index (χ1v) is 6.05. The summed E-state index contributed by atoms with van der Waals surface area (Å²) in [5, 5.41) is 8.94. The van der Waals surface area contributed by atoms with Crippen molar-refractivity contribution in [3.63, 3.8) is 0 Å². The molecule has 0 aliphatic carbocycles. The maximum atomic E-state index is 11.8. The molecule has 1 aromatic rings. The fraction of sp³-hybridized carbons (Fsp3) is 0.364. The summed E-state index contributed by atoms with van der Waals surface area (Å²) in [6.45, 7) is 0.142. The van der Waals surface area contributed by atoms with Gasteiger partial charge in [0.15, 0.2) is 0 Å². The van der Waals surface area contributed by atoms with E-state index in [9.17, 15) is 9.59 Å². The number of halogens is 1. The summed E-state index contributed by atoms with van der Waals surface area (Å²) in [7, 11) is 1.45. The normalized spacial score (nSPS) is 19.1. The summed E-state index contributed by atoms with van der Waals surface area (Å²) < 4.78 is 5.78. The number of pyridine rings is 1. The first-order valence-electron chi connectivity index (χ1n) is 5.25. The van der Waals surface area contributed by atoms with Crippen molar-refractivity contribution in [2.45, 2.75) is 6.42 Å². The molecule has 0 bridgehead atoms. The smallest absolute Gasteiger partial charge is 0.308 e. The minimum atomic E-state index is -0.965. The van der Waals surface area contributed by atoms with E-state index in [0.29, 0.717) is 16.0 Å². The maximum Gasteiger partial charge on any atom is 0.308 e. The molecule has 0 spiro atoms. The van der Waals surface area contributed by atoms with Crippen LogP contribution in [0.5, 0.6) is 5.88 Å². The number of carboxylic acid groups (broad SMARTS) is 1. The van der Waals surface area contributed by atoms with Crippen LogP contribution in [0.25, 0.3) is 0 Å². The van der Waals surface area contributed by atoms with Crippen molar-refractivity contribution in [3.05, 3.63) is 16.7 Å². The number of carboxylic acids is 1. The van der Waals surface area contributed by atoms with E-state index in [0.717, 1.165) is 0 Å². The molecule has 1 fully saturated rings. The molecule has 6 nitrogen and oxygen atoms in total. The molecular formula is C11H11BrN2O4. The van der Waals surface area contributed by atoms with E-state index in [1.807, 2.05) is 0 Å². The largest absolute Gasteiger partial charge is 0.481 e. The zero-order chi connectivity index (χ0) is 13.3. The third-order valence-corrected chi connectivity index (χ3v) is 3.19. The van der Waals surface area contributed by atoms with Gasteiger partial charge in [0.05, 0.1) is 13.0 Å². The van der Waals surface area contributed by atoms with Gasteiger partial charge in [-0.1, -0.05) is 0 Å². The number of carbonyl (C=O) groups is 2. The van der Waals surface area contributed by atoms with Crippen LogP contribution in [-0.4, -0.2) is 35.6 Å². The molecule has 2 rings (SSSR count). The van der Waals surface area contributed by atoms with Gasteiger partial charge >= 0.3 is 5.97 Å². The molecule has 0 saturated carbocycles. The molecular weight excluding hydrogens is 304 g/mol. The van der Waals surface area contributed by atoms with Gasteiger partial charge in [0, 0.05) is 23.6 Å². The van der Waals surface area contributed by atoms with Crippen LogP contribution in [0.3, 0.4) is 0 Å². The van der Waals surface area contributed by atoms with E-state index in [-0.39, 0.29) is 18.9 Å². The Balaban J connectivity index is 2.34. The molecule has 96 valence electrons. The number of anilines is 1. The first-order chi connectivity index (χ1) is 8.52. The third kappa shape index (κ3) is 2.31. The summed E-state index contributed by atoms with van der Waals surface area (Å²) in [5.41, 5.74) is 0.487. The lowest BCUT2D eigenvalue weighted by Gasteiger charge is -2.18. The number of rotatable bonds is 3. The van der Waals surface area contributed by atoms with E-state index < -0.39 is 11.9 Å². The topological polar surface area (TPSA) is 79.7 Å². The number of ether oxygens (including phenoxy) is 1. The predicted molar refractivity (Wildman–Crippen MR) is 66.6 cm³/mol. The lowest BCUT2D eigenvalue weighted by Crippen LogP contribution is -2.26. The van der Waals surface area contributed by atoms with Crippen LogP contribution < -0.4 is 9.64 Å². The number of carbonyl (C=O) groups excluding carboxylic acids is 1. The van der Waals surface area contributed by atoms with E-state index >= 15 is 0 Å². The Morgan fingerprint density at radius 3 is 2.94 bits per heavy atom. The van der Waals surface area contributed by atoms with Crippen LogP contribution in [0, 0.1) is 5.92 Å². The van der Waals surface area contributed by atoms with Gasteiger partial charge in [0.1, 0.15) is 5.69 Å². The van der Waals surface area contributed by atoms with Gasteiger partial charge < -0.3 is 14.7 Å². The molecule has 1 aromatic heterocycles. The second kappa shape index (κ2) is 4.93. The van der Waals surface area contributed by atoms with Crippen LogP contribution >= 0.6 is 15.9 Å². The zero-order valence-electron chi connectivity index (χ0n) is 9.59. The number of aromatic nitrogens is 1. The molecule has 0 aromatic carbocycles. The lowest BCUT2D eigenvalue weighted by molar-refractivity contribution is -0.141. The average Bonchev–Trinajstić information content (AvgIpc) is 2.71. The molecule has 1 unspecified atom stereocenters. The minimum Gasteiger partial charge on any atom is -0.481 e. The Hall–Kier alpha value is -1.63. The van der Waals surface area contributed by atoms with Crippen LogP contribution in [0.2, 0.25) is 0 Å². The zero-order valence-corrected chi connectivity index (χ0v) is 11.2. The number of methoxy groups -OCH3 is 1. The fourth-order valence-corrected chi connectivity index (χ4v) is 2.19. The number of hydrogen-bond donors (Lipinski definition) is 1. The number of nitrogens with zero attached hydrogens (tertiary/aromatic N) is 2. The molecule has 1 atom stereocenters. The van der Waals surface area contributed by atoms with Crippen molar-refractivity contribution in [1.29, 1.82) is 0 Å². The molecule has 2 heterocycles. The fourth-order valence-electron chi connectivity index (χ4n) is 1.87. The summed E-state index contributed by atoms with van der Waals surface area (Å²) in [5.74, 6) is -1.58. The molecule has 1 amide bonds. The monoisotopic (exact) mass is 314 g/mol. The van der Waals surface area contributed by atoms with Gasteiger partial charge in [-0.25, -0.2) is 4.98 Å². The Bertz CT molecular complexity index is 506. The van der Waals surface area contributed by atoms with Crippen LogP contribution in [0.15, 0.2) is 16.7 Å². The highest BCUT2D eigenvalue weighted by molar-refractivity contribution is 9.10. The Kier molecular flexibility index (Phi) is 3.51. The molecule has 18 heavy (non-hydrogen) atoms. The Morgan fingerprint density at radius 2 is 2.39 bits per heavy atom. The third-order valence-electron chi connectivity index (χ3n) is 2.76. The highest BCUT2D eigenvalue weighted by Gasteiger charge is 2.36. The van der Waals surface area contributed by atoms with Crippen molar-refractivity contribution in [1.82, 2.24) is 4.98 Å². The number of amides is 1. The van der Waals surface area contributed by atoms with Crippen molar-refractivity contribution in [3.8, 4) is 5.88 Å². The second-order valence-electron chi connectivity index (χ2n) is 3.93. The van der Waals surface area contributed by atoms with E-state index in [1.54, 1.807) is 12.3 Å². The molecule has 1 aliphatic rings. The second-order valence-corrected chi connectivity index (χ2v) is 4.84. The van der Waals surface area contributed by atoms with Gasteiger partial charge in [-0.3, -0.25) is 9.59 Å². The van der Waals surface area contributed by atoms with Crippen LogP contribution in [0.4, 0.5) is 5.69 Å². The highest BCUT2D eigenvalue weighted by Crippen LogP contribution is 2.33. The van der Waals surface area contributed by atoms with E-state index in [1.165, 1.54) is 12.0 Å². The van der Waals surface area contributed by atoms with E-state index in [2.05, 4.69) is 20.9 Å². The highest BCUT2D eigenvalue weighted by atomic mass is 79.9. The molecule has 1 N–H and O–H groups in total. The van der Waals surface area contributed by atoms with Crippen LogP contribution in [-0.2, 0) is 9.59 Å². The molecule has 1 aliphatic heterocycles. The van der Waals surface area contributed by atoms with Gasteiger partial charge in [0.2, 0.25) is 11.8 Å². The van der Waals surface area contributed by atoms with Crippen molar-refractivity contribution in [2.75, 3.05) is 18.6 Å². The maximum absolute atomic E-state index is 11.8. The molecule has 1 saturated heterocycles. The van der Waals surface area contributed by atoms with Crippen LogP contribution in [0.1, 0.15) is 6.42 Å². The predicted octanol–water partition coefficient (Wildman–Crippen LogP) is 1.29. The summed E-state index contributed by atoms with van der Waals surface area (Å²) in [6.07, 6.45) is 1.56. The average molecular weight is 315 g/mol. The summed E-state index contributed by atoms with van der Waals surface area (Å²) >= 11 is 3.26. The van der Waals surface area contributed by atoms with Crippen molar-refractivity contribution < 1.29 is 19.4 Å². The van der Waals surface area contributed by atoms with Gasteiger partial charge in [-0.15, -0.1) is 0 Å². The number of hydrogen-bond acceptors (Lipinski definition) is 4.